The fraction of sp³-hybridized carbons (Fsp3) is 0.421. The van der Waals surface area contributed by atoms with Crippen molar-refractivity contribution in [2.75, 3.05) is 31.1 Å². The van der Waals surface area contributed by atoms with E-state index in [1.807, 2.05) is 14.4 Å². The number of piperazine rings is 1. The number of thiocarbonyl (C=S) groups is 1. The summed E-state index contributed by atoms with van der Waals surface area (Å²) in [6, 6.07) is 3.28. The van der Waals surface area contributed by atoms with Crippen molar-refractivity contribution in [3.63, 3.8) is 0 Å². The van der Waals surface area contributed by atoms with E-state index in [0.29, 0.717) is 42.5 Å². The maximum atomic E-state index is 14.9. The highest BCUT2D eigenvalue weighted by atomic mass is 32.1. The molecule has 8 heteroatoms. The average molecular weight is 388 g/mol. The van der Waals surface area contributed by atoms with Gasteiger partial charge in [0.25, 0.3) is 0 Å². The summed E-state index contributed by atoms with van der Waals surface area (Å²) < 4.78 is 16.8. The predicted molar refractivity (Wildman–Crippen MR) is 107 cm³/mol. The van der Waals surface area contributed by atoms with Crippen LogP contribution < -0.4 is 16.1 Å². The molecular weight excluding hydrogens is 367 g/mol. The number of hydrogen-bond acceptors (Lipinski definition) is 4. The number of anilines is 1. The quantitative estimate of drug-likeness (QED) is 0.641. The van der Waals surface area contributed by atoms with Crippen LogP contribution in [0.2, 0.25) is 0 Å². The number of Topliss-reactive ketones (excluding diaryl/α,β-unsaturated/α-hetero) is 1. The Hall–Kier alpha value is -2.48. The Labute approximate surface area is 161 Å². The molecule has 2 fully saturated rings. The molecule has 1 aliphatic carbocycles. The molecule has 27 heavy (non-hydrogen) atoms. The van der Waals surface area contributed by atoms with E-state index in [9.17, 15) is 14.0 Å². The molecule has 1 aromatic carbocycles. The van der Waals surface area contributed by atoms with E-state index in [1.54, 1.807) is 12.3 Å². The Kier molecular flexibility index (Phi) is 4.38. The Balaban J connectivity index is 1.80. The lowest BCUT2D eigenvalue weighted by atomic mass is 10.1. The number of nitrogens with zero attached hydrogens (tertiary/aromatic N) is 3. The smallest absolute Gasteiger partial charge is 0.200 e. The molecule has 2 aliphatic rings. The van der Waals surface area contributed by atoms with Crippen molar-refractivity contribution < 1.29 is 9.18 Å². The fourth-order valence-electron chi connectivity index (χ4n) is 3.67. The van der Waals surface area contributed by atoms with Crippen molar-refractivity contribution in [2.24, 2.45) is 5.73 Å². The summed E-state index contributed by atoms with van der Waals surface area (Å²) >= 11 is 5.01. The van der Waals surface area contributed by atoms with Gasteiger partial charge in [0.15, 0.2) is 16.3 Å². The molecule has 0 spiro atoms. The monoisotopic (exact) mass is 388 g/mol. The van der Waals surface area contributed by atoms with Gasteiger partial charge in [0.05, 0.1) is 16.8 Å². The third-order valence-corrected chi connectivity index (χ3v) is 5.61. The van der Waals surface area contributed by atoms with Crippen LogP contribution in [0.25, 0.3) is 10.9 Å². The van der Waals surface area contributed by atoms with Gasteiger partial charge in [-0.05, 0) is 44.1 Å². The molecule has 2 aromatic rings. The predicted octanol–water partition coefficient (Wildman–Crippen LogP) is 2.04. The molecule has 1 aliphatic heterocycles. The maximum Gasteiger partial charge on any atom is 0.200 e. The van der Waals surface area contributed by atoms with Crippen LogP contribution in [0.3, 0.4) is 0 Å². The van der Waals surface area contributed by atoms with E-state index in [4.69, 9.17) is 18.0 Å². The van der Waals surface area contributed by atoms with Crippen molar-refractivity contribution in [1.29, 1.82) is 0 Å². The van der Waals surface area contributed by atoms with Crippen LogP contribution >= 0.6 is 12.2 Å². The van der Waals surface area contributed by atoms with Gasteiger partial charge in [-0.3, -0.25) is 9.59 Å². The van der Waals surface area contributed by atoms with Gasteiger partial charge in [0.1, 0.15) is 5.82 Å². The van der Waals surface area contributed by atoms with Crippen molar-refractivity contribution in [3.05, 3.63) is 39.9 Å². The number of fused-ring (bicyclic) bond motifs is 1. The van der Waals surface area contributed by atoms with Crippen LogP contribution in [-0.4, -0.2) is 46.5 Å². The number of rotatable bonds is 3. The fourth-order valence-corrected chi connectivity index (χ4v) is 3.86. The standard InChI is InChI=1S/C19H21FN4O2S/c1-11(25)14-10-24(12-2-3-12)16-9-17(15(20)8-13(16)18(14)26)22-4-6-23(7-5-22)19(21)27/h8-10,12H,2-7H2,1H3,(H2,21,27). The summed E-state index contributed by atoms with van der Waals surface area (Å²) in [6.45, 7) is 3.82. The van der Waals surface area contributed by atoms with Gasteiger partial charge in [0.2, 0.25) is 0 Å². The lowest BCUT2D eigenvalue weighted by Crippen LogP contribution is -2.50. The van der Waals surface area contributed by atoms with Crippen LogP contribution in [0.4, 0.5) is 10.1 Å². The van der Waals surface area contributed by atoms with E-state index in [1.165, 1.54) is 13.0 Å². The minimum atomic E-state index is -0.452. The highest BCUT2D eigenvalue weighted by molar-refractivity contribution is 7.80. The van der Waals surface area contributed by atoms with Gasteiger partial charge >= 0.3 is 0 Å². The molecule has 1 saturated heterocycles. The number of aromatic nitrogens is 1. The minimum Gasteiger partial charge on any atom is -0.376 e. The summed E-state index contributed by atoms with van der Waals surface area (Å²) in [5, 5.41) is 0.616. The van der Waals surface area contributed by atoms with Crippen LogP contribution in [0.1, 0.15) is 36.2 Å². The number of benzene rings is 1. The SMILES string of the molecule is CC(=O)c1cn(C2CC2)c2cc(N3CCN(C(N)=S)CC3)c(F)cc2c1=O. The van der Waals surface area contributed by atoms with Crippen LogP contribution in [0, 0.1) is 5.82 Å². The van der Waals surface area contributed by atoms with E-state index in [0.717, 1.165) is 12.8 Å². The van der Waals surface area contributed by atoms with Gasteiger partial charge in [0, 0.05) is 43.8 Å². The molecule has 2 heterocycles. The second kappa shape index (κ2) is 6.60. The van der Waals surface area contributed by atoms with Crippen LogP contribution in [0.15, 0.2) is 23.1 Å². The Morgan fingerprint density at radius 2 is 1.89 bits per heavy atom. The maximum absolute atomic E-state index is 14.9. The number of halogens is 1. The number of ketones is 1. The molecule has 0 bridgehead atoms. The zero-order valence-corrected chi connectivity index (χ0v) is 15.9. The van der Waals surface area contributed by atoms with Gasteiger partial charge in [-0.15, -0.1) is 0 Å². The van der Waals surface area contributed by atoms with Gasteiger partial charge in [-0.2, -0.15) is 0 Å². The Morgan fingerprint density at radius 3 is 2.44 bits per heavy atom. The van der Waals surface area contributed by atoms with Crippen molar-refractivity contribution in [2.45, 2.75) is 25.8 Å². The third kappa shape index (κ3) is 3.18. The molecule has 0 atom stereocenters. The normalized spacial score (nSPS) is 17.4. The second-order valence-electron chi connectivity index (χ2n) is 7.20. The lowest BCUT2D eigenvalue weighted by molar-refractivity contribution is 0.101. The van der Waals surface area contributed by atoms with Crippen molar-refractivity contribution >= 4 is 39.7 Å². The van der Waals surface area contributed by atoms with E-state index in [-0.39, 0.29) is 22.8 Å². The molecule has 1 saturated carbocycles. The number of carbonyl (C=O) groups is 1. The van der Waals surface area contributed by atoms with Gasteiger partial charge < -0.3 is 20.1 Å². The molecule has 4 rings (SSSR count). The van der Waals surface area contributed by atoms with Crippen LogP contribution in [0.5, 0.6) is 0 Å². The summed E-state index contributed by atoms with van der Waals surface area (Å²) in [4.78, 5) is 28.4. The van der Waals surface area contributed by atoms with Crippen molar-refractivity contribution in [1.82, 2.24) is 9.47 Å². The minimum absolute atomic E-state index is 0.117. The van der Waals surface area contributed by atoms with E-state index < -0.39 is 11.2 Å². The van der Waals surface area contributed by atoms with Gasteiger partial charge in [-0.1, -0.05) is 0 Å². The van der Waals surface area contributed by atoms with Gasteiger partial charge in [-0.25, -0.2) is 4.39 Å². The number of hydrogen-bond donors (Lipinski definition) is 1. The van der Waals surface area contributed by atoms with E-state index in [2.05, 4.69) is 0 Å². The molecule has 142 valence electrons. The van der Waals surface area contributed by atoms with Crippen LogP contribution in [-0.2, 0) is 0 Å². The number of nitrogens with two attached hydrogens (primary N) is 1. The Bertz CT molecular complexity index is 1010. The lowest BCUT2D eigenvalue weighted by Gasteiger charge is -2.36. The molecular formula is C19H21FN4O2S. The zero-order valence-electron chi connectivity index (χ0n) is 15.1. The zero-order chi connectivity index (χ0) is 19.3. The Morgan fingerprint density at radius 1 is 1.22 bits per heavy atom. The molecule has 1 aromatic heterocycles. The highest BCUT2D eigenvalue weighted by Gasteiger charge is 2.28. The molecule has 0 radical (unpaired) electrons. The summed E-state index contributed by atoms with van der Waals surface area (Å²) in [6.07, 6.45) is 3.63. The van der Waals surface area contributed by atoms with E-state index >= 15 is 0 Å². The number of carbonyl (C=O) groups excluding carboxylic acids is 1. The molecule has 0 amide bonds. The summed E-state index contributed by atoms with van der Waals surface area (Å²) in [5.41, 5.74) is 6.53. The number of pyridine rings is 1. The molecule has 2 N–H and O–H groups in total. The first kappa shape index (κ1) is 17.9. The third-order valence-electron chi connectivity index (χ3n) is 5.35. The van der Waals surface area contributed by atoms with Crippen molar-refractivity contribution in [3.8, 4) is 0 Å². The first-order chi connectivity index (χ1) is 12.9. The summed E-state index contributed by atoms with van der Waals surface area (Å²) in [5.74, 6) is -0.749. The topological polar surface area (TPSA) is 71.6 Å². The second-order valence-corrected chi connectivity index (χ2v) is 7.62. The summed E-state index contributed by atoms with van der Waals surface area (Å²) in [7, 11) is 0. The highest BCUT2D eigenvalue weighted by Crippen LogP contribution is 2.38. The molecule has 0 unspecified atom stereocenters. The first-order valence-corrected chi connectivity index (χ1v) is 9.46. The first-order valence-electron chi connectivity index (χ1n) is 9.05. The average Bonchev–Trinajstić information content (AvgIpc) is 3.47. The largest absolute Gasteiger partial charge is 0.376 e. The molecule has 6 nitrogen and oxygen atoms in total.